The first-order chi connectivity index (χ1) is 9.33. The van der Waals surface area contributed by atoms with Gasteiger partial charge in [0.15, 0.2) is 0 Å². The highest BCUT2D eigenvalue weighted by atomic mass is 14.2. The Labute approximate surface area is 112 Å². The Morgan fingerprint density at radius 3 is 2.53 bits per heavy atom. The molecule has 90 valence electrons. The second kappa shape index (κ2) is 4.59. The van der Waals surface area contributed by atoms with Crippen LogP contribution in [0.25, 0.3) is 27.6 Å². The Kier molecular flexibility index (Phi) is 2.78. The van der Waals surface area contributed by atoms with Crippen LogP contribution in [0.4, 0.5) is 0 Å². The van der Waals surface area contributed by atoms with Crippen molar-refractivity contribution in [2.45, 2.75) is 6.92 Å². The number of fused-ring (bicyclic) bond motifs is 2. The van der Waals surface area contributed by atoms with Gasteiger partial charge in [0.1, 0.15) is 6.07 Å². The second-order valence-corrected chi connectivity index (χ2v) is 4.57. The molecule has 0 saturated carbocycles. The number of nitrogens with zero attached hydrogens (tertiary/aromatic N) is 1. The van der Waals surface area contributed by atoms with Gasteiger partial charge in [-0.25, -0.2) is 0 Å². The highest BCUT2D eigenvalue weighted by Crippen LogP contribution is 2.28. The molecule has 0 unspecified atom stereocenters. The predicted molar refractivity (Wildman–Crippen MR) is 80.9 cm³/mol. The van der Waals surface area contributed by atoms with Crippen molar-refractivity contribution in [1.82, 2.24) is 0 Å². The first kappa shape index (κ1) is 11.5. The van der Waals surface area contributed by atoms with Crippen molar-refractivity contribution >= 4 is 27.6 Å². The largest absolute Gasteiger partial charge is 0.192 e. The molecule has 0 fully saturated rings. The second-order valence-electron chi connectivity index (χ2n) is 4.57. The molecule has 0 radical (unpaired) electrons. The zero-order valence-electron chi connectivity index (χ0n) is 10.7. The van der Waals surface area contributed by atoms with E-state index in [2.05, 4.69) is 36.4 Å². The zero-order valence-corrected chi connectivity index (χ0v) is 10.7. The van der Waals surface area contributed by atoms with E-state index in [4.69, 9.17) is 0 Å². The first-order valence-electron chi connectivity index (χ1n) is 6.32. The summed E-state index contributed by atoms with van der Waals surface area (Å²) in [5, 5.41) is 13.7. The molecular weight excluding hydrogens is 230 g/mol. The summed E-state index contributed by atoms with van der Waals surface area (Å²) in [7, 11) is 0. The number of rotatable bonds is 1. The normalized spacial score (nSPS) is 11.2. The topological polar surface area (TPSA) is 23.8 Å². The number of benzene rings is 3. The predicted octanol–water partition coefficient (Wildman–Crippen LogP) is 4.90. The van der Waals surface area contributed by atoms with Gasteiger partial charge in [0, 0.05) is 10.8 Å². The lowest BCUT2D eigenvalue weighted by molar-refractivity contribution is 1.51. The third-order valence-electron chi connectivity index (χ3n) is 3.36. The molecule has 0 amide bonds. The van der Waals surface area contributed by atoms with Gasteiger partial charge in [-0.15, -0.1) is 0 Å². The minimum Gasteiger partial charge on any atom is -0.192 e. The third-order valence-corrected chi connectivity index (χ3v) is 3.36. The minimum atomic E-state index is 0.764. The fourth-order valence-corrected chi connectivity index (χ4v) is 2.51. The van der Waals surface area contributed by atoms with Gasteiger partial charge in [-0.1, -0.05) is 48.6 Å². The van der Waals surface area contributed by atoms with Gasteiger partial charge in [0.25, 0.3) is 0 Å². The third kappa shape index (κ3) is 1.88. The van der Waals surface area contributed by atoms with Gasteiger partial charge in [0.2, 0.25) is 0 Å². The standard InChI is InChI=1S/C18H13N/c1-2-5-13-8-9-17-15(10-13)11-14-6-3-4-7-16(14)18(17)12-19/h2-11H,1H3. The molecule has 1 heteroatoms. The summed E-state index contributed by atoms with van der Waals surface area (Å²) in [5.41, 5.74) is 1.93. The highest BCUT2D eigenvalue weighted by molar-refractivity contribution is 6.04. The molecule has 0 saturated heterocycles. The van der Waals surface area contributed by atoms with E-state index < -0.39 is 0 Å². The van der Waals surface area contributed by atoms with Gasteiger partial charge >= 0.3 is 0 Å². The average Bonchev–Trinajstić information content (AvgIpc) is 2.45. The molecular formula is C18H13N. The van der Waals surface area contributed by atoms with Crippen molar-refractivity contribution in [2.24, 2.45) is 0 Å². The highest BCUT2D eigenvalue weighted by Gasteiger charge is 2.06. The van der Waals surface area contributed by atoms with Crippen molar-refractivity contribution in [3.8, 4) is 6.07 Å². The molecule has 3 aromatic rings. The van der Waals surface area contributed by atoms with Gasteiger partial charge in [-0.05, 0) is 35.4 Å². The summed E-state index contributed by atoms with van der Waals surface area (Å²) < 4.78 is 0. The Bertz CT molecular complexity index is 835. The van der Waals surface area contributed by atoms with E-state index >= 15 is 0 Å². The number of hydrogen-bond donors (Lipinski definition) is 0. The number of nitriles is 1. The summed E-state index contributed by atoms with van der Waals surface area (Å²) in [5.74, 6) is 0. The maximum atomic E-state index is 9.44. The van der Waals surface area contributed by atoms with Gasteiger partial charge in [0.05, 0.1) is 5.56 Å². The van der Waals surface area contributed by atoms with Crippen molar-refractivity contribution in [3.63, 3.8) is 0 Å². The molecule has 3 aromatic carbocycles. The van der Waals surface area contributed by atoms with Crippen molar-refractivity contribution in [2.75, 3.05) is 0 Å². The maximum Gasteiger partial charge on any atom is 0.100 e. The van der Waals surface area contributed by atoms with Crippen molar-refractivity contribution in [3.05, 3.63) is 65.7 Å². The molecule has 0 bridgehead atoms. The molecule has 0 atom stereocenters. The number of allylic oxidation sites excluding steroid dienone is 1. The van der Waals surface area contributed by atoms with Crippen LogP contribution in [0.2, 0.25) is 0 Å². The lowest BCUT2D eigenvalue weighted by atomic mass is 9.96. The molecule has 0 aliphatic carbocycles. The summed E-state index contributed by atoms with van der Waals surface area (Å²) in [6, 6.07) is 18.8. The van der Waals surface area contributed by atoms with E-state index in [-0.39, 0.29) is 0 Å². The molecule has 0 N–H and O–H groups in total. The monoisotopic (exact) mass is 243 g/mol. The molecule has 0 aliphatic rings. The van der Waals surface area contributed by atoms with E-state index in [9.17, 15) is 5.26 Å². The first-order valence-corrected chi connectivity index (χ1v) is 6.32. The molecule has 19 heavy (non-hydrogen) atoms. The molecule has 0 aromatic heterocycles. The summed E-state index contributed by atoms with van der Waals surface area (Å²) in [4.78, 5) is 0. The smallest absolute Gasteiger partial charge is 0.100 e. The summed E-state index contributed by atoms with van der Waals surface area (Å²) in [6.07, 6.45) is 4.09. The fourth-order valence-electron chi connectivity index (χ4n) is 2.51. The van der Waals surface area contributed by atoms with Crippen LogP contribution in [0.1, 0.15) is 18.1 Å². The molecule has 0 heterocycles. The van der Waals surface area contributed by atoms with E-state index in [1.165, 1.54) is 0 Å². The lowest BCUT2D eigenvalue weighted by Crippen LogP contribution is -1.85. The summed E-state index contributed by atoms with van der Waals surface area (Å²) in [6.45, 7) is 2.01. The van der Waals surface area contributed by atoms with E-state index in [0.717, 1.165) is 32.7 Å². The van der Waals surface area contributed by atoms with Crippen LogP contribution >= 0.6 is 0 Å². The quantitative estimate of drug-likeness (QED) is 0.558. The Balaban J connectivity index is 2.45. The molecule has 3 rings (SSSR count). The van der Waals surface area contributed by atoms with Gasteiger partial charge < -0.3 is 0 Å². The van der Waals surface area contributed by atoms with E-state index in [0.29, 0.717) is 0 Å². The lowest BCUT2D eigenvalue weighted by Gasteiger charge is -2.06. The van der Waals surface area contributed by atoms with Crippen LogP contribution in [0, 0.1) is 11.3 Å². The van der Waals surface area contributed by atoms with Gasteiger partial charge in [-0.2, -0.15) is 5.26 Å². The zero-order chi connectivity index (χ0) is 13.2. The van der Waals surface area contributed by atoms with E-state index in [1.54, 1.807) is 0 Å². The van der Waals surface area contributed by atoms with E-state index in [1.807, 2.05) is 37.3 Å². The minimum absolute atomic E-state index is 0.764. The average molecular weight is 243 g/mol. The van der Waals surface area contributed by atoms with Crippen LogP contribution in [0.5, 0.6) is 0 Å². The SMILES string of the molecule is CC=Cc1ccc2c(C#N)c3ccccc3cc2c1. The Morgan fingerprint density at radius 2 is 1.74 bits per heavy atom. The van der Waals surface area contributed by atoms with Crippen molar-refractivity contribution in [1.29, 1.82) is 5.26 Å². The Hall–Kier alpha value is -2.59. The van der Waals surface area contributed by atoms with Crippen LogP contribution < -0.4 is 0 Å². The van der Waals surface area contributed by atoms with Crippen LogP contribution in [0.15, 0.2) is 54.6 Å². The van der Waals surface area contributed by atoms with Crippen LogP contribution in [0.3, 0.4) is 0 Å². The van der Waals surface area contributed by atoms with Crippen LogP contribution in [-0.4, -0.2) is 0 Å². The fraction of sp³-hybridized carbons (Fsp3) is 0.0556. The van der Waals surface area contributed by atoms with Gasteiger partial charge in [-0.3, -0.25) is 0 Å². The molecule has 0 aliphatic heterocycles. The molecule has 0 spiro atoms. The number of hydrogen-bond acceptors (Lipinski definition) is 1. The Morgan fingerprint density at radius 1 is 0.947 bits per heavy atom. The maximum absolute atomic E-state index is 9.44. The molecule has 1 nitrogen and oxygen atoms in total. The summed E-state index contributed by atoms with van der Waals surface area (Å²) >= 11 is 0. The van der Waals surface area contributed by atoms with Crippen molar-refractivity contribution < 1.29 is 0 Å². The van der Waals surface area contributed by atoms with Crippen LogP contribution in [-0.2, 0) is 0 Å².